The molecule has 0 aliphatic carbocycles. The Morgan fingerprint density at radius 2 is 2.21 bits per heavy atom. The third-order valence-corrected chi connectivity index (χ3v) is 3.09. The first-order chi connectivity index (χ1) is 9.08. The summed E-state index contributed by atoms with van der Waals surface area (Å²) in [6.07, 6.45) is 1.60. The van der Waals surface area contributed by atoms with Gasteiger partial charge in [-0.25, -0.2) is 4.39 Å². The van der Waals surface area contributed by atoms with E-state index < -0.39 is 5.82 Å². The van der Waals surface area contributed by atoms with E-state index in [4.69, 9.17) is 22.7 Å². The van der Waals surface area contributed by atoms with Crippen LogP contribution in [0, 0.1) is 5.82 Å². The molecule has 98 valence electrons. The number of thiocarbonyl (C=S) groups is 1. The number of hydrogen-bond donors (Lipinski definition) is 1. The Bertz CT molecular complexity index is 621. The summed E-state index contributed by atoms with van der Waals surface area (Å²) >= 11 is 8.09. The van der Waals surface area contributed by atoms with E-state index in [1.54, 1.807) is 30.5 Å². The SMILES string of the molecule is NC(=S)c1ncccc1COc1ccc(Br)cc1F. The molecule has 0 atom stereocenters. The van der Waals surface area contributed by atoms with Gasteiger partial charge in [0.25, 0.3) is 0 Å². The maximum atomic E-state index is 13.6. The van der Waals surface area contributed by atoms with E-state index in [0.29, 0.717) is 10.2 Å². The number of pyridine rings is 1. The highest BCUT2D eigenvalue weighted by Crippen LogP contribution is 2.22. The Morgan fingerprint density at radius 3 is 2.89 bits per heavy atom. The summed E-state index contributed by atoms with van der Waals surface area (Å²) in [6, 6.07) is 8.13. The minimum atomic E-state index is -0.435. The van der Waals surface area contributed by atoms with E-state index in [-0.39, 0.29) is 17.3 Å². The number of rotatable bonds is 4. The molecule has 0 radical (unpaired) electrons. The largest absolute Gasteiger partial charge is 0.486 e. The zero-order valence-corrected chi connectivity index (χ0v) is 12.2. The van der Waals surface area contributed by atoms with Crippen LogP contribution in [0.4, 0.5) is 4.39 Å². The molecule has 0 bridgehead atoms. The molecule has 3 nitrogen and oxygen atoms in total. The van der Waals surface area contributed by atoms with E-state index in [1.807, 2.05) is 0 Å². The minimum Gasteiger partial charge on any atom is -0.486 e. The van der Waals surface area contributed by atoms with Gasteiger partial charge in [0.2, 0.25) is 0 Å². The van der Waals surface area contributed by atoms with Crippen molar-refractivity contribution in [1.82, 2.24) is 4.98 Å². The summed E-state index contributed by atoms with van der Waals surface area (Å²) < 4.78 is 19.7. The highest BCUT2D eigenvalue weighted by atomic mass is 79.9. The molecule has 2 rings (SSSR count). The molecule has 1 aromatic heterocycles. The molecule has 0 aliphatic heterocycles. The third-order valence-electron chi connectivity index (χ3n) is 2.40. The van der Waals surface area contributed by atoms with E-state index in [1.165, 1.54) is 6.07 Å². The van der Waals surface area contributed by atoms with Crippen LogP contribution >= 0.6 is 28.1 Å². The van der Waals surface area contributed by atoms with Crippen LogP contribution in [-0.2, 0) is 6.61 Å². The lowest BCUT2D eigenvalue weighted by molar-refractivity contribution is 0.289. The van der Waals surface area contributed by atoms with Gasteiger partial charge in [-0.15, -0.1) is 0 Å². The molecule has 2 aromatic rings. The fourth-order valence-electron chi connectivity index (χ4n) is 1.52. The predicted octanol–water partition coefficient (Wildman–Crippen LogP) is 3.20. The maximum absolute atomic E-state index is 13.6. The van der Waals surface area contributed by atoms with Crippen molar-refractivity contribution in [2.45, 2.75) is 6.61 Å². The summed E-state index contributed by atoms with van der Waals surface area (Å²) in [4.78, 5) is 4.27. The smallest absolute Gasteiger partial charge is 0.166 e. The van der Waals surface area contributed by atoms with Crippen LogP contribution in [0.15, 0.2) is 41.0 Å². The second-order valence-electron chi connectivity index (χ2n) is 3.74. The second kappa shape index (κ2) is 6.08. The number of aromatic nitrogens is 1. The summed E-state index contributed by atoms with van der Waals surface area (Å²) in [5.41, 5.74) is 6.78. The van der Waals surface area contributed by atoms with Crippen LogP contribution in [0.5, 0.6) is 5.75 Å². The third kappa shape index (κ3) is 3.48. The van der Waals surface area contributed by atoms with E-state index in [2.05, 4.69) is 20.9 Å². The van der Waals surface area contributed by atoms with Gasteiger partial charge in [-0.3, -0.25) is 4.98 Å². The molecule has 0 amide bonds. The van der Waals surface area contributed by atoms with Crippen LogP contribution in [0.3, 0.4) is 0 Å². The molecule has 1 heterocycles. The molecule has 2 N–H and O–H groups in total. The van der Waals surface area contributed by atoms with Crippen LogP contribution in [0.2, 0.25) is 0 Å². The average molecular weight is 341 g/mol. The Hall–Kier alpha value is -1.53. The molecule has 0 aliphatic rings. The lowest BCUT2D eigenvalue weighted by atomic mass is 10.2. The van der Waals surface area contributed by atoms with Crippen molar-refractivity contribution in [1.29, 1.82) is 0 Å². The van der Waals surface area contributed by atoms with Crippen molar-refractivity contribution in [3.05, 3.63) is 58.1 Å². The molecule has 0 saturated carbocycles. The second-order valence-corrected chi connectivity index (χ2v) is 5.09. The summed E-state index contributed by atoms with van der Waals surface area (Å²) in [7, 11) is 0. The molecule has 0 saturated heterocycles. The topological polar surface area (TPSA) is 48.1 Å². The number of hydrogen-bond acceptors (Lipinski definition) is 3. The fraction of sp³-hybridized carbons (Fsp3) is 0.0769. The number of ether oxygens (including phenoxy) is 1. The average Bonchev–Trinajstić information content (AvgIpc) is 2.38. The van der Waals surface area contributed by atoms with Crippen LogP contribution in [0.1, 0.15) is 11.3 Å². The fourth-order valence-corrected chi connectivity index (χ4v) is 2.04. The van der Waals surface area contributed by atoms with Crippen molar-refractivity contribution in [2.24, 2.45) is 5.73 Å². The van der Waals surface area contributed by atoms with Crippen molar-refractivity contribution in [3.8, 4) is 5.75 Å². The Labute approximate surface area is 123 Å². The van der Waals surface area contributed by atoms with E-state index >= 15 is 0 Å². The number of nitrogens with zero attached hydrogens (tertiary/aromatic N) is 1. The molecule has 6 heteroatoms. The first-order valence-corrected chi connectivity index (χ1v) is 6.59. The molecule has 0 unspecified atom stereocenters. The molecular weight excluding hydrogens is 331 g/mol. The van der Waals surface area contributed by atoms with Crippen LogP contribution in [-0.4, -0.2) is 9.97 Å². The quantitative estimate of drug-likeness (QED) is 0.868. The van der Waals surface area contributed by atoms with Gasteiger partial charge in [-0.1, -0.05) is 34.2 Å². The van der Waals surface area contributed by atoms with Gasteiger partial charge in [0, 0.05) is 16.2 Å². The van der Waals surface area contributed by atoms with Crippen LogP contribution in [0.25, 0.3) is 0 Å². The molecular formula is C13H10BrFN2OS. The highest BCUT2D eigenvalue weighted by Gasteiger charge is 2.09. The zero-order chi connectivity index (χ0) is 13.8. The lowest BCUT2D eigenvalue weighted by Crippen LogP contribution is -2.15. The van der Waals surface area contributed by atoms with Crippen molar-refractivity contribution >= 4 is 33.1 Å². The lowest BCUT2D eigenvalue weighted by Gasteiger charge is -2.10. The highest BCUT2D eigenvalue weighted by molar-refractivity contribution is 9.10. The molecule has 0 spiro atoms. The van der Waals surface area contributed by atoms with Gasteiger partial charge in [0.15, 0.2) is 11.6 Å². The monoisotopic (exact) mass is 340 g/mol. The maximum Gasteiger partial charge on any atom is 0.166 e. The normalized spacial score (nSPS) is 10.2. The first kappa shape index (κ1) is 13.9. The van der Waals surface area contributed by atoms with Crippen molar-refractivity contribution in [2.75, 3.05) is 0 Å². The molecule has 19 heavy (non-hydrogen) atoms. The van der Waals surface area contributed by atoms with E-state index in [0.717, 1.165) is 5.56 Å². The van der Waals surface area contributed by atoms with Crippen LogP contribution < -0.4 is 10.5 Å². The van der Waals surface area contributed by atoms with Gasteiger partial charge in [0.05, 0.1) is 0 Å². The summed E-state index contributed by atoms with van der Waals surface area (Å²) in [6.45, 7) is 0.152. The van der Waals surface area contributed by atoms with Gasteiger partial charge < -0.3 is 10.5 Å². The first-order valence-electron chi connectivity index (χ1n) is 5.39. The van der Waals surface area contributed by atoms with Gasteiger partial charge in [0.1, 0.15) is 17.3 Å². The zero-order valence-electron chi connectivity index (χ0n) is 9.77. The Kier molecular flexibility index (Phi) is 4.44. The Morgan fingerprint density at radius 1 is 1.42 bits per heavy atom. The number of nitrogens with two attached hydrogens (primary N) is 1. The van der Waals surface area contributed by atoms with Gasteiger partial charge >= 0.3 is 0 Å². The number of benzene rings is 1. The van der Waals surface area contributed by atoms with Gasteiger partial charge in [-0.05, 0) is 24.3 Å². The van der Waals surface area contributed by atoms with Crippen molar-refractivity contribution < 1.29 is 9.13 Å². The van der Waals surface area contributed by atoms with Gasteiger partial charge in [-0.2, -0.15) is 0 Å². The Balaban J connectivity index is 2.17. The predicted molar refractivity (Wildman–Crippen MR) is 78.6 cm³/mol. The molecule has 0 fully saturated rings. The number of halogens is 2. The summed E-state index contributed by atoms with van der Waals surface area (Å²) in [5.74, 6) is -0.268. The summed E-state index contributed by atoms with van der Waals surface area (Å²) in [5, 5.41) is 0. The molecule has 1 aromatic carbocycles. The van der Waals surface area contributed by atoms with Crippen molar-refractivity contribution in [3.63, 3.8) is 0 Å². The minimum absolute atomic E-state index is 0.152. The van der Waals surface area contributed by atoms with E-state index in [9.17, 15) is 4.39 Å². The standard InChI is InChI=1S/C13H10BrFN2OS/c14-9-3-4-11(10(15)6-9)18-7-8-2-1-5-17-12(8)13(16)19/h1-6H,7H2,(H2,16,19).